The predicted molar refractivity (Wildman–Crippen MR) is 67.9 cm³/mol. The van der Waals surface area contributed by atoms with E-state index in [0.29, 0.717) is 17.7 Å². The number of anilines is 1. The van der Waals surface area contributed by atoms with Crippen LogP contribution in [0.1, 0.15) is 32.3 Å². The van der Waals surface area contributed by atoms with Crippen LogP contribution in [0.3, 0.4) is 0 Å². The van der Waals surface area contributed by atoms with Crippen molar-refractivity contribution in [3.63, 3.8) is 0 Å². The molecule has 1 unspecified atom stereocenters. The fourth-order valence-electron chi connectivity index (χ4n) is 1.83. The van der Waals surface area contributed by atoms with Crippen molar-refractivity contribution in [2.45, 2.75) is 32.2 Å². The molecule has 0 radical (unpaired) electrons. The summed E-state index contributed by atoms with van der Waals surface area (Å²) in [6, 6.07) is 3.67. The van der Waals surface area contributed by atoms with Crippen LogP contribution in [0.5, 0.6) is 0 Å². The van der Waals surface area contributed by atoms with E-state index in [1.165, 1.54) is 13.3 Å². The second kappa shape index (κ2) is 6.01. The Bertz CT molecular complexity index is 468. The Morgan fingerprint density at radius 3 is 2.94 bits per heavy atom. The van der Waals surface area contributed by atoms with Gasteiger partial charge < -0.3 is 10.1 Å². The third-order valence-corrected chi connectivity index (χ3v) is 2.74. The summed E-state index contributed by atoms with van der Waals surface area (Å²) in [5.41, 5.74) is 0.149. The number of rotatable bonds is 5. The van der Waals surface area contributed by atoms with E-state index in [2.05, 4.69) is 16.4 Å². The Balaban J connectivity index is 3.04. The maximum absolute atomic E-state index is 11.8. The molecule has 0 aliphatic heterocycles. The minimum Gasteiger partial charge on any atom is -0.467 e. The van der Waals surface area contributed by atoms with Crippen LogP contribution < -0.4 is 5.32 Å². The van der Waals surface area contributed by atoms with Crippen molar-refractivity contribution in [2.75, 3.05) is 12.4 Å². The Hall–Kier alpha value is -2.09. The number of carbonyl (C=O) groups excluding carboxylic acids is 1. The van der Waals surface area contributed by atoms with E-state index in [4.69, 9.17) is 10.00 Å². The molecule has 1 heterocycles. The second-order valence-electron chi connectivity index (χ2n) is 4.23. The van der Waals surface area contributed by atoms with Crippen LogP contribution in [0, 0.1) is 11.3 Å². The first-order valence-corrected chi connectivity index (χ1v) is 5.78. The number of methoxy groups -OCH3 is 1. The Kier molecular flexibility index (Phi) is 4.67. The van der Waals surface area contributed by atoms with Crippen LogP contribution in [0.15, 0.2) is 18.5 Å². The van der Waals surface area contributed by atoms with Gasteiger partial charge in [0.1, 0.15) is 11.6 Å². The highest BCUT2D eigenvalue weighted by Gasteiger charge is 2.33. The van der Waals surface area contributed by atoms with E-state index in [1.807, 2.05) is 6.92 Å². The Morgan fingerprint density at radius 1 is 1.67 bits per heavy atom. The Labute approximate surface area is 107 Å². The highest BCUT2D eigenvalue weighted by molar-refractivity contribution is 5.84. The first-order valence-electron chi connectivity index (χ1n) is 5.78. The van der Waals surface area contributed by atoms with Crippen molar-refractivity contribution in [2.24, 2.45) is 0 Å². The molecule has 0 amide bonds. The van der Waals surface area contributed by atoms with Crippen LogP contribution in [0.4, 0.5) is 5.69 Å². The van der Waals surface area contributed by atoms with Gasteiger partial charge >= 0.3 is 5.97 Å². The molecule has 1 atom stereocenters. The zero-order chi connectivity index (χ0) is 13.6. The fraction of sp³-hybridized carbons (Fsp3) is 0.462. The maximum Gasteiger partial charge on any atom is 0.331 e. The lowest BCUT2D eigenvalue weighted by molar-refractivity contribution is -0.145. The quantitative estimate of drug-likeness (QED) is 0.806. The Morgan fingerprint density at radius 2 is 2.39 bits per heavy atom. The highest BCUT2D eigenvalue weighted by Crippen LogP contribution is 2.23. The normalized spacial score (nSPS) is 13.2. The minimum absolute atomic E-state index is 0.350. The molecular weight excluding hydrogens is 230 g/mol. The lowest BCUT2D eigenvalue weighted by Gasteiger charge is -2.28. The van der Waals surface area contributed by atoms with Crippen molar-refractivity contribution >= 4 is 11.7 Å². The third kappa shape index (κ3) is 2.98. The molecule has 1 aromatic heterocycles. The number of hydrogen-bond donors (Lipinski definition) is 1. The van der Waals surface area contributed by atoms with Gasteiger partial charge in [0.05, 0.1) is 24.6 Å². The number of hydrogen-bond acceptors (Lipinski definition) is 5. The monoisotopic (exact) mass is 247 g/mol. The summed E-state index contributed by atoms with van der Waals surface area (Å²) in [4.78, 5) is 15.8. The molecule has 96 valence electrons. The maximum atomic E-state index is 11.8. The number of esters is 1. The number of nitrogens with one attached hydrogen (secondary N) is 1. The summed E-state index contributed by atoms with van der Waals surface area (Å²) in [6.07, 6.45) is 4.51. The summed E-state index contributed by atoms with van der Waals surface area (Å²) in [5.74, 6) is -0.350. The summed E-state index contributed by atoms with van der Waals surface area (Å²) < 4.78 is 4.81. The van der Waals surface area contributed by atoms with Crippen molar-refractivity contribution in [3.8, 4) is 6.07 Å². The van der Waals surface area contributed by atoms with E-state index in [-0.39, 0.29) is 5.97 Å². The molecule has 0 spiro atoms. The molecule has 0 saturated carbocycles. The predicted octanol–water partition coefficient (Wildman–Crippen LogP) is 2.10. The van der Waals surface area contributed by atoms with E-state index in [9.17, 15) is 4.79 Å². The summed E-state index contributed by atoms with van der Waals surface area (Å²) >= 11 is 0. The number of ether oxygens (including phenoxy) is 1. The second-order valence-corrected chi connectivity index (χ2v) is 4.23. The van der Waals surface area contributed by atoms with Gasteiger partial charge in [0.2, 0.25) is 0 Å². The van der Waals surface area contributed by atoms with E-state index in [0.717, 1.165) is 6.42 Å². The van der Waals surface area contributed by atoms with Crippen LogP contribution in [-0.4, -0.2) is 23.6 Å². The van der Waals surface area contributed by atoms with Gasteiger partial charge in [-0.15, -0.1) is 0 Å². The molecule has 5 nitrogen and oxygen atoms in total. The average molecular weight is 247 g/mol. The molecule has 0 aliphatic rings. The topological polar surface area (TPSA) is 75.0 Å². The molecule has 5 heteroatoms. The van der Waals surface area contributed by atoms with E-state index < -0.39 is 5.54 Å². The van der Waals surface area contributed by atoms with E-state index in [1.54, 1.807) is 19.2 Å². The minimum atomic E-state index is -0.849. The van der Waals surface area contributed by atoms with Gasteiger partial charge in [-0.3, -0.25) is 4.98 Å². The largest absolute Gasteiger partial charge is 0.467 e. The SMILES string of the molecule is CCCC(C)(Nc1cnccc1C#N)C(=O)OC. The molecule has 1 aromatic rings. The molecule has 0 aliphatic carbocycles. The lowest BCUT2D eigenvalue weighted by atomic mass is 9.95. The van der Waals surface area contributed by atoms with Gasteiger partial charge in [-0.05, 0) is 19.4 Å². The van der Waals surface area contributed by atoms with Gasteiger partial charge in [0.15, 0.2) is 0 Å². The first-order chi connectivity index (χ1) is 8.57. The van der Waals surface area contributed by atoms with Crippen molar-refractivity contribution < 1.29 is 9.53 Å². The smallest absolute Gasteiger partial charge is 0.331 e. The van der Waals surface area contributed by atoms with Gasteiger partial charge in [-0.2, -0.15) is 5.26 Å². The van der Waals surface area contributed by atoms with Crippen LogP contribution in [0.25, 0.3) is 0 Å². The fourth-order valence-corrected chi connectivity index (χ4v) is 1.83. The van der Waals surface area contributed by atoms with Crippen molar-refractivity contribution in [1.82, 2.24) is 4.98 Å². The summed E-state index contributed by atoms with van der Waals surface area (Å²) in [7, 11) is 1.35. The number of aromatic nitrogens is 1. The molecular formula is C13H17N3O2. The van der Waals surface area contributed by atoms with Crippen LogP contribution in [-0.2, 0) is 9.53 Å². The van der Waals surface area contributed by atoms with Crippen molar-refractivity contribution in [3.05, 3.63) is 24.0 Å². The highest BCUT2D eigenvalue weighted by atomic mass is 16.5. The molecule has 0 saturated heterocycles. The zero-order valence-corrected chi connectivity index (χ0v) is 10.9. The molecule has 18 heavy (non-hydrogen) atoms. The molecule has 0 aromatic carbocycles. The standard InChI is InChI=1S/C13H17N3O2/c1-4-6-13(2,12(17)18-3)16-11-9-15-7-5-10(11)8-14/h5,7,9,16H,4,6H2,1-3H3. The van der Waals surface area contributed by atoms with Crippen molar-refractivity contribution in [1.29, 1.82) is 5.26 Å². The molecule has 0 fully saturated rings. The first kappa shape index (κ1) is 14.0. The van der Waals surface area contributed by atoms with E-state index >= 15 is 0 Å². The molecule has 0 bridgehead atoms. The van der Waals surface area contributed by atoms with Gasteiger partial charge in [0, 0.05) is 6.20 Å². The lowest BCUT2D eigenvalue weighted by Crippen LogP contribution is -2.44. The number of pyridine rings is 1. The summed E-state index contributed by atoms with van der Waals surface area (Å²) in [6.45, 7) is 3.74. The molecule has 1 rings (SSSR count). The number of carbonyl (C=O) groups is 1. The van der Waals surface area contributed by atoms with Gasteiger partial charge in [-0.25, -0.2) is 4.79 Å². The third-order valence-electron chi connectivity index (χ3n) is 2.74. The van der Waals surface area contributed by atoms with Crippen LogP contribution in [0.2, 0.25) is 0 Å². The summed E-state index contributed by atoms with van der Waals surface area (Å²) in [5, 5.41) is 12.1. The number of nitriles is 1. The van der Waals surface area contributed by atoms with Crippen LogP contribution >= 0.6 is 0 Å². The zero-order valence-electron chi connectivity index (χ0n) is 10.9. The number of nitrogens with zero attached hydrogens (tertiary/aromatic N) is 2. The average Bonchev–Trinajstić information content (AvgIpc) is 2.38. The molecule has 1 N–H and O–H groups in total. The van der Waals surface area contributed by atoms with Gasteiger partial charge in [0.25, 0.3) is 0 Å². The van der Waals surface area contributed by atoms with Gasteiger partial charge in [-0.1, -0.05) is 13.3 Å².